The van der Waals surface area contributed by atoms with E-state index in [9.17, 15) is 14.4 Å². The third kappa shape index (κ3) is 4.58. The van der Waals surface area contributed by atoms with E-state index in [2.05, 4.69) is 31.1 Å². The van der Waals surface area contributed by atoms with Gasteiger partial charge in [0.15, 0.2) is 0 Å². The number of ether oxygens (including phenoxy) is 1. The predicted octanol–water partition coefficient (Wildman–Crippen LogP) is 4.61. The number of carbonyl (C=O) groups excluding carboxylic acids is 3. The van der Waals surface area contributed by atoms with Crippen LogP contribution in [0.3, 0.4) is 0 Å². The molecule has 1 aromatic heterocycles. The molecule has 1 spiro atoms. The van der Waals surface area contributed by atoms with Crippen molar-refractivity contribution in [3.8, 4) is 11.5 Å². The van der Waals surface area contributed by atoms with Gasteiger partial charge in [0.25, 0.3) is 5.91 Å². The lowest BCUT2D eigenvalue weighted by Crippen LogP contribution is -2.51. The van der Waals surface area contributed by atoms with Gasteiger partial charge in [-0.2, -0.15) is 0 Å². The Bertz CT molecular complexity index is 1070. The van der Waals surface area contributed by atoms with Crippen LogP contribution in [0, 0.1) is 18.3 Å². The fourth-order valence-electron chi connectivity index (χ4n) is 4.93. The number of hydrogen-bond donors (Lipinski definition) is 1. The molecule has 2 fully saturated rings. The Morgan fingerprint density at radius 3 is 2.56 bits per heavy atom. The fraction of sp³-hybridized carbons (Fsp3) is 0.538. The summed E-state index contributed by atoms with van der Waals surface area (Å²) in [5, 5.41) is 2.87. The van der Waals surface area contributed by atoms with Crippen molar-refractivity contribution in [2.45, 2.75) is 71.9 Å². The van der Waals surface area contributed by atoms with Gasteiger partial charge in [-0.05, 0) is 56.1 Å². The lowest BCUT2D eigenvalue weighted by molar-refractivity contribution is -0.149. The van der Waals surface area contributed by atoms with E-state index in [0.717, 1.165) is 29.7 Å². The standard InChI is InChI=1S/C26H33N3O5/c1-5-25(3,4)19-11-13-26(14-12-19)23(31)29(24(32)28-26)15-21(30)33-16-20-17(2)34-22(27-20)18-9-7-6-8-10-18/h6-10,19H,5,11-16H2,1-4H3,(H,28,32). The summed E-state index contributed by atoms with van der Waals surface area (Å²) >= 11 is 0. The smallest absolute Gasteiger partial charge is 0.326 e. The second kappa shape index (κ2) is 9.24. The van der Waals surface area contributed by atoms with Crippen LogP contribution in [0.5, 0.6) is 0 Å². The molecule has 1 saturated heterocycles. The molecule has 1 aromatic carbocycles. The molecule has 1 saturated carbocycles. The maximum absolute atomic E-state index is 13.2. The van der Waals surface area contributed by atoms with Crippen LogP contribution >= 0.6 is 0 Å². The molecule has 0 bridgehead atoms. The van der Waals surface area contributed by atoms with Crippen molar-refractivity contribution in [1.82, 2.24) is 15.2 Å². The number of hydrogen-bond acceptors (Lipinski definition) is 6. The number of amides is 3. The number of benzene rings is 1. The number of urea groups is 1. The van der Waals surface area contributed by atoms with Crippen LogP contribution in [-0.2, 0) is 20.9 Å². The average Bonchev–Trinajstić information content (AvgIpc) is 3.31. The second-order valence-corrected chi connectivity index (χ2v) is 10.1. The summed E-state index contributed by atoms with van der Waals surface area (Å²) in [5.41, 5.74) is 0.629. The van der Waals surface area contributed by atoms with Gasteiger partial charge >= 0.3 is 12.0 Å². The zero-order valence-corrected chi connectivity index (χ0v) is 20.3. The van der Waals surface area contributed by atoms with Crippen LogP contribution in [0.4, 0.5) is 4.79 Å². The predicted molar refractivity (Wildman–Crippen MR) is 125 cm³/mol. The zero-order chi connectivity index (χ0) is 24.5. The van der Waals surface area contributed by atoms with Gasteiger partial charge in [0.2, 0.25) is 5.89 Å². The summed E-state index contributed by atoms with van der Waals surface area (Å²) in [6, 6.07) is 8.91. The number of carbonyl (C=O) groups is 3. The summed E-state index contributed by atoms with van der Waals surface area (Å²) in [5.74, 6) is 0.518. The Morgan fingerprint density at radius 2 is 1.91 bits per heavy atom. The highest BCUT2D eigenvalue weighted by molar-refractivity contribution is 6.08. The van der Waals surface area contributed by atoms with E-state index < -0.39 is 24.1 Å². The lowest BCUT2D eigenvalue weighted by atomic mass is 9.65. The second-order valence-electron chi connectivity index (χ2n) is 10.1. The number of nitrogens with one attached hydrogen (secondary N) is 1. The highest BCUT2D eigenvalue weighted by Gasteiger charge is 2.53. The molecule has 1 N–H and O–H groups in total. The third-order valence-corrected chi connectivity index (χ3v) is 7.67. The normalized spacial score (nSPS) is 22.8. The van der Waals surface area contributed by atoms with Gasteiger partial charge in [0.1, 0.15) is 30.1 Å². The molecule has 8 heteroatoms. The van der Waals surface area contributed by atoms with Crippen LogP contribution in [0.1, 0.15) is 64.3 Å². The summed E-state index contributed by atoms with van der Waals surface area (Å²) in [6.07, 6.45) is 4.01. The first kappa shape index (κ1) is 24.0. The Kier molecular flexibility index (Phi) is 6.51. The summed E-state index contributed by atoms with van der Waals surface area (Å²) in [7, 11) is 0. The Labute approximate surface area is 200 Å². The first-order chi connectivity index (χ1) is 16.1. The molecule has 2 aliphatic rings. The molecule has 1 aliphatic heterocycles. The van der Waals surface area contributed by atoms with Crippen molar-refractivity contribution in [3.63, 3.8) is 0 Å². The number of esters is 1. The maximum atomic E-state index is 13.2. The molecular weight excluding hydrogens is 434 g/mol. The van der Waals surface area contributed by atoms with Crippen molar-refractivity contribution < 1.29 is 23.5 Å². The van der Waals surface area contributed by atoms with Crippen molar-refractivity contribution in [3.05, 3.63) is 41.8 Å². The van der Waals surface area contributed by atoms with Gasteiger partial charge in [-0.3, -0.25) is 14.5 Å². The number of oxazole rings is 1. The van der Waals surface area contributed by atoms with E-state index in [1.165, 1.54) is 0 Å². The first-order valence-corrected chi connectivity index (χ1v) is 12.0. The first-order valence-electron chi connectivity index (χ1n) is 12.0. The van der Waals surface area contributed by atoms with Crippen molar-refractivity contribution in [2.24, 2.45) is 11.3 Å². The van der Waals surface area contributed by atoms with E-state index in [-0.39, 0.29) is 17.9 Å². The number of rotatable bonds is 7. The van der Waals surface area contributed by atoms with Gasteiger partial charge < -0.3 is 14.5 Å². The van der Waals surface area contributed by atoms with Crippen molar-refractivity contribution >= 4 is 17.9 Å². The van der Waals surface area contributed by atoms with E-state index in [1.807, 2.05) is 30.3 Å². The molecule has 2 heterocycles. The maximum Gasteiger partial charge on any atom is 0.326 e. The van der Waals surface area contributed by atoms with Crippen LogP contribution < -0.4 is 5.32 Å². The molecule has 34 heavy (non-hydrogen) atoms. The minimum Gasteiger partial charge on any atom is -0.458 e. The van der Waals surface area contributed by atoms with Gasteiger partial charge in [-0.25, -0.2) is 9.78 Å². The topological polar surface area (TPSA) is 102 Å². The highest BCUT2D eigenvalue weighted by atomic mass is 16.5. The van der Waals surface area contributed by atoms with E-state index in [1.54, 1.807) is 6.92 Å². The fourth-order valence-corrected chi connectivity index (χ4v) is 4.93. The van der Waals surface area contributed by atoms with E-state index >= 15 is 0 Å². The van der Waals surface area contributed by atoms with Crippen LogP contribution in [0.25, 0.3) is 11.5 Å². The third-order valence-electron chi connectivity index (χ3n) is 7.67. The zero-order valence-electron chi connectivity index (χ0n) is 20.3. The molecule has 0 radical (unpaired) electrons. The monoisotopic (exact) mass is 467 g/mol. The molecule has 1 aliphatic carbocycles. The van der Waals surface area contributed by atoms with Crippen molar-refractivity contribution in [2.75, 3.05) is 6.54 Å². The molecule has 2 aromatic rings. The summed E-state index contributed by atoms with van der Waals surface area (Å²) in [6.45, 7) is 7.93. The SMILES string of the molecule is CCC(C)(C)C1CCC2(CC1)NC(=O)N(CC(=O)OCc1nc(-c3ccccc3)oc1C)C2=O. The van der Waals surface area contributed by atoms with Gasteiger partial charge in [-0.15, -0.1) is 0 Å². The Balaban J connectivity index is 1.34. The molecule has 4 rings (SSSR count). The molecule has 8 nitrogen and oxygen atoms in total. The number of aromatic nitrogens is 1. The largest absolute Gasteiger partial charge is 0.458 e. The number of imide groups is 1. The van der Waals surface area contributed by atoms with Crippen LogP contribution in [-0.4, -0.2) is 39.9 Å². The van der Waals surface area contributed by atoms with E-state index in [0.29, 0.717) is 36.1 Å². The minimum atomic E-state index is -0.898. The highest BCUT2D eigenvalue weighted by Crippen LogP contribution is 2.45. The lowest BCUT2D eigenvalue weighted by Gasteiger charge is -2.42. The Hall–Kier alpha value is -3.16. The number of nitrogens with zero attached hydrogens (tertiary/aromatic N) is 2. The van der Waals surface area contributed by atoms with Gasteiger partial charge in [0.05, 0.1) is 0 Å². The number of aryl methyl sites for hydroxylation is 1. The average molecular weight is 468 g/mol. The van der Waals surface area contributed by atoms with Gasteiger partial charge in [0, 0.05) is 5.56 Å². The van der Waals surface area contributed by atoms with E-state index in [4.69, 9.17) is 9.15 Å². The van der Waals surface area contributed by atoms with Gasteiger partial charge in [-0.1, -0.05) is 45.4 Å². The molecule has 3 amide bonds. The summed E-state index contributed by atoms with van der Waals surface area (Å²) < 4.78 is 11.0. The molecule has 0 unspecified atom stereocenters. The van der Waals surface area contributed by atoms with Crippen molar-refractivity contribution in [1.29, 1.82) is 0 Å². The molecule has 0 atom stereocenters. The minimum absolute atomic E-state index is 0.0937. The molecule has 182 valence electrons. The molecular formula is C26H33N3O5. The van der Waals surface area contributed by atoms with Crippen LogP contribution in [0.2, 0.25) is 0 Å². The quantitative estimate of drug-likeness (QED) is 0.471. The Morgan fingerprint density at radius 1 is 1.24 bits per heavy atom. The van der Waals surface area contributed by atoms with Crippen LogP contribution in [0.15, 0.2) is 34.7 Å². The summed E-state index contributed by atoms with van der Waals surface area (Å²) in [4.78, 5) is 43.6.